The maximum absolute atomic E-state index is 12.7. The first kappa shape index (κ1) is 9.85. The Labute approximate surface area is 89.3 Å². The van der Waals surface area contributed by atoms with Gasteiger partial charge in [0, 0.05) is 9.77 Å². The number of carbonyl (C=O) groups is 1. The summed E-state index contributed by atoms with van der Waals surface area (Å²) in [6.07, 6.45) is 0.990. The normalized spacial score (nSPS) is 9.92. The van der Waals surface area contributed by atoms with E-state index in [4.69, 9.17) is 5.11 Å². The summed E-state index contributed by atoms with van der Waals surface area (Å²) in [6.45, 7) is 0. The van der Waals surface area contributed by atoms with Crippen LogP contribution in [0.3, 0.4) is 0 Å². The molecule has 0 saturated carbocycles. The Morgan fingerprint density at radius 2 is 2.33 bits per heavy atom. The van der Waals surface area contributed by atoms with E-state index in [-0.39, 0.29) is 10.0 Å². The molecule has 0 saturated heterocycles. The van der Waals surface area contributed by atoms with Crippen LogP contribution in [0.2, 0.25) is 0 Å². The van der Waals surface area contributed by atoms with E-state index < -0.39 is 11.9 Å². The average molecular weight is 346 g/mol. The molecule has 64 valence electrons. The Bertz CT molecular complexity index is 345. The van der Waals surface area contributed by atoms with E-state index in [0.29, 0.717) is 3.57 Å². The van der Waals surface area contributed by atoms with Crippen molar-refractivity contribution in [2.45, 2.75) is 0 Å². The Balaban J connectivity index is 3.36. The number of pyridine rings is 1. The summed E-state index contributed by atoms with van der Waals surface area (Å²) in [5.74, 6) is -1.82. The third kappa shape index (κ3) is 1.74. The van der Waals surface area contributed by atoms with Crippen LogP contribution in [0.15, 0.2) is 10.7 Å². The van der Waals surface area contributed by atoms with Gasteiger partial charge in [-0.05, 0) is 38.5 Å². The van der Waals surface area contributed by atoms with Crippen molar-refractivity contribution in [2.24, 2.45) is 0 Å². The highest BCUT2D eigenvalue weighted by Gasteiger charge is 2.14. The molecule has 0 amide bonds. The molecule has 12 heavy (non-hydrogen) atoms. The fourth-order valence-corrected chi connectivity index (χ4v) is 1.50. The van der Waals surface area contributed by atoms with E-state index in [1.54, 1.807) is 22.6 Å². The van der Waals surface area contributed by atoms with Crippen molar-refractivity contribution in [1.29, 1.82) is 0 Å². The van der Waals surface area contributed by atoms with E-state index in [2.05, 4.69) is 20.9 Å². The van der Waals surface area contributed by atoms with Crippen LogP contribution < -0.4 is 0 Å². The Kier molecular flexibility index (Phi) is 2.99. The van der Waals surface area contributed by atoms with Crippen LogP contribution in [-0.4, -0.2) is 16.1 Å². The minimum atomic E-state index is -1.12. The average Bonchev–Trinajstić information content (AvgIpc) is 2.00. The molecule has 0 aliphatic rings. The van der Waals surface area contributed by atoms with Gasteiger partial charge in [-0.2, -0.15) is 4.39 Å². The second-order valence-corrected chi connectivity index (χ2v) is 3.77. The molecular formula is C6H2BrFINO2. The van der Waals surface area contributed by atoms with Gasteiger partial charge in [0.2, 0.25) is 5.95 Å². The lowest BCUT2D eigenvalue weighted by Crippen LogP contribution is -2.03. The summed E-state index contributed by atoms with van der Waals surface area (Å²) in [5, 5.41) is 8.59. The van der Waals surface area contributed by atoms with Crippen molar-refractivity contribution in [3.63, 3.8) is 0 Å². The van der Waals surface area contributed by atoms with Gasteiger partial charge in [-0.15, -0.1) is 0 Å². The van der Waals surface area contributed by atoms with Crippen molar-refractivity contribution < 1.29 is 14.3 Å². The standard InChI is InChI=1S/C6H2BrFINO2/c7-3-4(9)2(6(11)12)1-10-5(3)8/h1H,(H,11,12). The van der Waals surface area contributed by atoms with Gasteiger partial charge in [-0.1, -0.05) is 0 Å². The number of rotatable bonds is 1. The number of hydrogen-bond acceptors (Lipinski definition) is 2. The molecule has 0 atom stereocenters. The van der Waals surface area contributed by atoms with Gasteiger partial charge in [0.25, 0.3) is 0 Å². The van der Waals surface area contributed by atoms with Crippen LogP contribution in [0.25, 0.3) is 0 Å². The van der Waals surface area contributed by atoms with E-state index in [1.165, 1.54) is 0 Å². The summed E-state index contributed by atoms with van der Waals surface area (Å²) in [6, 6.07) is 0. The monoisotopic (exact) mass is 345 g/mol. The van der Waals surface area contributed by atoms with Crippen LogP contribution >= 0.6 is 38.5 Å². The highest BCUT2D eigenvalue weighted by atomic mass is 127. The molecule has 0 radical (unpaired) electrons. The first-order chi connectivity index (χ1) is 5.54. The smallest absolute Gasteiger partial charge is 0.338 e. The zero-order valence-corrected chi connectivity index (χ0v) is 9.26. The fraction of sp³-hybridized carbons (Fsp3) is 0. The highest BCUT2D eigenvalue weighted by Crippen LogP contribution is 2.23. The van der Waals surface area contributed by atoms with Crippen molar-refractivity contribution in [2.75, 3.05) is 0 Å². The molecule has 0 aliphatic carbocycles. The minimum Gasteiger partial charge on any atom is -0.478 e. The second-order valence-electron chi connectivity index (χ2n) is 1.90. The van der Waals surface area contributed by atoms with E-state index in [1.807, 2.05) is 0 Å². The largest absolute Gasteiger partial charge is 0.478 e. The summed E-state index contributed by atoms with van der Waals surface area (Å²) in [7, 11) is 0. The number of carboxylic acid groups (broad SMARTS) is 1. The predicted molar refractivity (Wildman–Crippen MR) is 51.6 cm³/mol. The van der Waals surface area contributed by atoms with Gasteiger partial charge < -0.3 is 5.11 Å². The van der Waals surface area contributed by atoms with Gasteiger partial charge >= 0.3 is 5.97 Å². The van der Waals surface area contributed by atoms with Gasteiger partial charge in [-0.3, -0.25) is 0 Å². The third-order valence-corrected chi connectivity index (χ3v) is 3.73. The van der Waals surface area contributed by atoms with E-state index >= 15 is 0 Å². The highest BCUT2D eigenvalue weighted by molar-refractivity contribution is 14.1. The molecule has 0 spiro atoms. The zero-order chi connectivity index (χ0) is 9.30. The number of halogens is 3. The quantitative estimate of drug-likeness (QED) is 0.627. The second kappa shape index (κ2) is 3.65. The van der Waals surface area contributed by atoms with Crippen LogP contribution in [0.4, 0.5) is 4.39 Å². The van der Waals surface area contributed by atoms with Gasteiger partial charge in [0.15, 0.2) is 0 Å². The zero-order valence-electron chi connectivity index (χ0n) is 5.51. The fourth-order valence-electron chi connectivity index (χ4n) is 0.592. The number of nitrogens with zero attached hydrogens (tertiary/aromatic N) is 1. The molecule has 1 rings (SSSR count). The molecule has 0 bridgehead atoms. The maximum atomic E-state index is 12.7. The molecule has 0 aromatic carbocycles. The van der Waals surface area contributed by atoms with Gasteiger partial charge in [-0.25, -0.2) is 9.78 Å². The lowest BCUT2D eigenvalue weighted by atomic mass is 10.3. The molecule has 1 aromatic heterocycles. The van der Waals surface area contributed by atoms with Gasteiger partial charge in [0.05, 0.1) is 10.0 Å². The lowest BCUT2D eigenvalue weighted by Gasteiger charge is -2.00. The minimum absolute atomic E-state index is 0.0103. The molecule has 0 unspecified atom stereocenters. The van der Waals surface area contributed by atoms with Crippen molar-refractivity contribution in [1.82, 2.24) is 4.98 Å². The summed E-state index contributed by atoms with van der Waals surface area (Å²) < 4.78 is 13.1. The Hall–Kier alpha value is -0.240. The van der Waals surface area contributed by atoms with Crippen molar-refractivity contribution in [3.8, 4) is 0 Å². The number of carboxylic acids is 1. The molecule has 1 heterocycles. The van der Waals surface area contributed by atoms with Crippen LogP contribution in [0.5, 0.6) is 0 Å². The Morgan fingerprint density at radius 3 is 2.83 bits per heavy atom. The first-order valence-corrected chi connectivity index (χ1v) is 4.64. The first-order valence-electron chi connectivity index (χ1n) is 2.77. The van der Waals surface area contributed by atoms with Gasteiger partial charge in [0.1, 0.15) is 0 Å². The molecule has 0 aliphatic heterocycles. The topological polar surface area (TPSA) is 50.2 Å². The lowest BCUT2D eigenvalue weighted by molar-refractivity contribution is 0.0695. The SMILES string of the molecule is O=C(O)c1cnc(F)c(Br)c1I. The number of hydrogen-bond donors (Lipinski definition) is 1. The summed E-state index contributed by atoms with van der Waals surface area (Å²) in [5.41, 5.74) is -0.0103. The Morgan fingerprint density at radius 1 is 1.75 bits per heavy atom. The van der Waals surface area contributed by atoms with Crippen LogP contribution in [-0.2, 0) is 0 Å². The van der Waals surface area contributed by atoms with Crippen molar-refractivity contribution >= 4 is 44.5 Å². The van der Waals surface area contributed by atoms with Crippen LogP contribution in [0.1, 0.15) is 10.4 Å². The van der Waals surface area contributed by atoms with Crippen LogP contribution in [0, 0.1) is 9.52 Å². The molecule has 0 fully saturated rings. The summed E-state index contributed by atoms with van der Waals surface area (Å²) in [4.78, 5) is 13.8. The van der Waals surface area contributed by atoms with E-state index in [0.717, 1.165) is 6.20 Å². The van der Waals surface area contributed by atoms with E-state index in [9.17, 15) is 9.18 Å². The summed E-state index contributed by atoms with van der Waals surface area (Å²) >= 11 is 4.63. The third-order valence-electron chi connectivity index (χ3n) is 1.15. The molecule has 1 N–H and O–H groups in total. The number of aromatic carboxylic acids is 1. The number of aromatic nitrogens is 1. The predicted octanol–water partition coefficient (Wildman–Crippen LogP) is 2.29. The molecule has 6 heteroatoms. The molecule has 1 aromatic rings. The maximum Gasteiger partial charge on any atom is 0.338 e. The molecular weight excluding hydrogens is 344 g/mol. The molecule has 3 nitrogen and oxygen atoms in total. The van der Waals surface area contributed by atoms with Crippen molar-refractivity contribution in [3.05, 3.63) is 25.8 Å².